The van der Waals surface area contributed by atoms with E-state index in [4.69, 9.17) is 11.6 Å². The van der Waals surface area contributed by atoms with Crippen molar-refractivity contribution in [2.24, 2.45) is 0 Å². The predicted octanol–water partition coefficient (Wildman–Crippen LogP) is 2.58. The van der Waals surface area contributed by atoms with Crippen LogP contribution >= 0.6 is 34.9 Å². The van der Waals surface area contributed by atoms with Crippen molar-refractivity contribution in [2.75, 3.05) is 12.3 Å². The van der Waals surface area contributed by atoms with E-state index in [9.17, 15) is 9.59 Å². The van der Waals surface area contributed by atoms with E-state index in [0.29, 0.717) is 33.0 Å². The smallest absolute Gasteiger partial charge is 0.261 e. The number of nitrogens with zero attached hydrogens (tertiary/aromatic N) is 3. The van der Waals surface area contributed by atoms with Gasteiger partial charge in [-0.1, -0.05) is 23.9 Å². The minimum Gasteiger partial charge on any atom is -0.273 e. The molecule has 20 heavy (non-hydrogen) atoms. The van der Waals surface area contributed by atoms with Crippen molar-refractivity contribution in [2.45, 2.75) is 5.16 Å². The summed E-state index contributed by atoms with van der Waals surface area (Å²) in [6.45, 7) is 0.327. The molecule has 0 saturated heterocycles. The number of thioether (sulfide) groups is 1. The second kappa shape index (κ2) is 5.51. The van der Waals surface area contributed by atoms with Gasteiger partial charge in [-0.25, -0.2) is 0 Å². The van der Waals surface area contributed by atoms with Gasteiger partial charge < -0.3 is 0 Å². The lowest BCUT2D eigenvalue weighted by atomic mass is 10.1. The largest absolute Gasteiger partial charge is 0.273 e. The van der Waals surface area contributed by atoms with Gasteiger partial charge in [0, 0.05) is 12.3 Å². The van der Waals surface area contributed by atoms with Gasteiger partial charge in [-0.15, -0.1) is 0 Å². The van der Waals surface area contributed by atoms with E-state index in [0.717, 1.165) is 11.5 Å². The molecule has 0 radical (unpaired) electrons. The van der Waals surface area contributed by atoms with Crippen molar-refractivity contribution in [1.82, 2.24) is 14.3 Å². The Bertz CT molecular complexity index is 654. The Morgan fingerprint density at radius 2 is 1.85 bits per heavy atom. The molecule has 5 nitrogen and oxygen atoms in total. The number of carbonyl (C=O) groups is 2. The molecule has 3 rings (SSSR count). The third kappa shape index (κ3) is 2.44. The molecule has 2 amide bonds. The van der Waals surface area contributed by atoms with Gasteiger partial charge >= 0.3 is 0 Å². The summed E-state index contributed by atoms with van der Waals surface area (Å²) in [5, 5.41) is 0.566. The highest BCUT2D eigenvalue weighted by Gasteiger charge is 2.34. The number of fused-ring (bicyclic) bond motifs is 1. The lowest BCUT2D eigenvalue weighted by Crippen LogP contribution is -2.31. The fraction of sp³-hybridized carbons (Fsp3) is 0.167. The molecule has 0 spiro atoms. The van der Waals surface area contributed by atoms with Crippen LogP contribution in [0, 0.1) is 0 Å². The fourth-order valence-corrected chi connectivity index (χ4v) is 3.47. The van der Waals surface area contributed by atoms with Crippen molar-refractivity contribution in [3.63, 3.8) is 0 Å². The maximum absolute atomic E-state index is 12.1. The van der Waals surface area contributed by atoms with Gasteiger partial charge in [0.1, 0.15) is 0 Å². The summed E-state index contributed by atoms with van der Waals surface area (Å²) >= 11 is 8.17. The van der Waals surface area contributed by atoms with Crippen LogP contribution in [0.25, 0.3) is 0 Å². The van der Waals surface area contributed by atoms with Crippen LogP contribution in [0.1, 0.15) is 20.7 Å². The molecule has 0 fully saturated rings. The number of benzene rings is 1. The van der Waals surface area contributed by atoms with Gasteiger partial charge in [0.25, 0.3) is 11.8 Å². The van der Waals surface area contributed by atoms with E-state index in [-0.39, 0.29) is 11.8 Å². The molecule has 1 aliphatic rings. The highest BCUT2D eigenvalue weighted by Crippen LogP contribution is 2.24. The fourth-order valence-electron chi connectivity index (χ4n) is 1.92. The Labute approximate surface area is 128 Å². The second-order valence-electron chi connectivity index (χ2n) is 3.99. The van der Waals surface area contributed by atoms with Gasteiger partial charge in [-0.05, 0) is 35.3 Å². The van der Waals surface area contributed by atoms with Crippen molar-refractivity contribution < 1.29 is 9.59 Å². The number of carbonyl (C=O) groups excluding carboxylic acids is 2. The number of aromatic nitrogens is 2. The SMILES string of the molecule is O=C1c2ccccc2C(=O)N1CCSc1nsc(Cl)n1. The maximum Gasteiger partial charge on any atom is 0.261 e. The van der Waals surface area contributed by atoms with E-state index >= 15 is 0 Å². The van der Waals surface area contributed by atoms with Crippen LogP contribution in [0.15, 0.2) is 29.4 Å². The normalized spacial score (nSPS) is 13.9. The van der Waals surface area contributed by atoms with Crippen molar-refractivity contribution in [3.8, 4) is 0 Å². The Hall–Kier alpha value is -1.44. The second-order valence-corrected chi connectivity index (χ2v) is 6.38. The molecule has 2 heterocycles. The van der Waals surface area contributed by atoms with E-state index in [1.165, 1.54) is 16.7 Å². The van der Waals surface area contributed by atoms with E-state index in [2.05, 4.69) is 9.36 Å². The summed E-state index contributed by atoms with van der Waals surface area (Å²) in [4.78, 5) is 29.5. The molecule has 102 valence electrons. The Balaban J connectivity index is 1.65. The molecule has 0 N–H and O–H groups in total. The molecule has 2 aromatic rings. The molecule has 0 aliphatic carbocycles. The highest BCUT2D eigenvalue weighted by molar-refractivity contribution is 7.99. The minimum absolute atomic E-state index is 0.240. The Morgan fingerprint density at radius 3 is 2.40 bits per heavy atom. The third-order valence-corrected chi connectivity index (χ3v) is 4.55. The van der Waals surface area contributed by atoms with Crippen molar-refractivity contribution in [1.29, 1.82) is 0 Å². The van der Waals surface area contributed by atoms with E-state index in [1.54, 1.807) is 24.3 Å². The molecule has 1 aliphatic heterocycles. The highest BCUT2D eigenvalue weighted by atomic mass is 35.5. The quantitative estimate of drug-likeness (QED) is 0.638. The zero-order valence-corrected chi connectivity index (χ0v) is 12.5. The van der Waals surface area contributed by atoms with Crippen molar-refractivity contribution in [3.05, 3.63) is 39.9 Å². The monoisotopic (exact) mass is 325 g/mol. The number of hydrogen-bond acceptors (Lipinski definition) is 6. The van der Waals surface area contributed by atoms with Crippen LogP contribution < -0.4 is 0 Å². The number of imide groups is 1. The molecule has 0 atom stereocenters. The first-order chi connectivity index (χ1) is 9.66. The summed E-state index contributed by atoms with van der Waals surface area (Å²) in [7, 11) is 0. The first-order valence-corrected chi connectivity index (χ1v) is 7.88. The lowest BCUT2D eigenvalue weighted by molar-refractivity contribution is 0.0664. The van der Waals surface area contributed by atoms with Crippen molar-refractivity contribution >= 4 is 46.7 Å². The van der Waals surface area contributed by atoms with Gasteiger partial charge in [-0.2, -0.15) is 9.36 Å². The van der Waals surface area contributed by atoms with Gasteiger partial charge in [0.15, 0.2) is 0 Å². The molecule has 1 aromatic heterocycles. The van der Waals surface area contributed by atoms with Crippen LogP contribution in [0.3, 0.4) is 0 Å². The van der Waals surface area contributed by atoms with E-state index in [1.807, 2.05) is 0 Å². The van der Waals surface area contributed by atoms with Crippen LogP contribution in [0.4, 0.5) is 0 Å². The van der Waals surface area contributed by atoms with Gasteiger partial charge in [0.2, 0.25) is 9.62 Å². The van der Waals surface area contributed by atoms with E-state index < -0.39 is 0 Å². The summed E-state index contributed by atoms with van der Waals surface area (Å²) in [5.74, 6) is 0.0596. The van der Waals surface area contributed by atoms with Crippen LogP contribution in [-0.4, -0.2) is 38.4 Å². The number of hydrogen-bond donors (Lipinski definition) is 0. The molecular formula is C12H8ClN3O2S2. The standard InChI is InChI=1S/C12H8ClN3O2S2/c13-11-14-12(15-20-11)19-6-5-16-9(17)7-3-1-2-4-8(7)10(16)18/h1-4H,5-6H2. The predicted molar refractivity (Wildman–Crippen MR) is 77.5 cm³/mol. The maximum atomic E-state index is 12.1. The molecular weight excluding hydrogens is 318 g/mol. The summed E-state index contributed by atoms with van der Waals surface area (Å²) in [6, 6.07) is 6.85. The average molecular weight is 326 g/mol. The molecule has 8 heteroatoms. The summed E-state index contributed by atoms with van der Waals surface area (Å²) in [5.41, 5.74) is 0.939. The first-order valence-electron chi connectivity index (χ1n) is 5.74. The number of rotatable bonds is 4. The minimum atomic E-state index is -0.240. The zero-order valence-electron chi connectivity index (χ0n) is 10.1. The first kappa shape index (κ1) is 13.5. The lowest BCUT2D eigenvalue weighted by Gasteiger charge is -2.12. The molecule has 1 aromatic carbocycles. The summed E-state index contributed by atoms with van der Waals surface area (Å²) in [6.07, 6.45) is 0. The van der Waals surface area contributed by atoms with Gasteiger partial charge in [0.05, 0.1) is 11.1 Å². The number of amides is 2. The van der Waals surface area contributed by atoms with Crippen LogP contribution in [-0.2, 0) is 0 Å². The average Bonchev–Trinajstić information content (AvgIpc) is 2.97. The number of halogens is 1. The van der Waals surface area contributed by atoms with Crippen LogP contribution in [0.2, 0.25) is 4.47 Å². The topological polar surface area (TPSA) is 63.2 Å². The molecule has 0 saturated carbocycles. The summed E-state index contributed by atoms with van der Waals surface area (Å²) < 4.78 is 4.41. The Morgan fingerprint density at radius 1 is 1.20 bits per heavy atom. The van der Waals surface area contributed by atoms with Crippen LogP contribution in [0.5, 0.6) is 0 Å². The Kier molecular flexibility index (Phi) is 3.73. The molecule has 0 bridgehead atoms. The third-order valence-electron chi connectivity index (χ3n) is 2.81. The molecule has 0 unspecified atom stereocenters. The van der Waals surface area contributed by atoms with Gasteiger partial charge in [-0.3, -0.25) is 14.5 Å². The zero-order chi connectivity index (χ0) is 14.1.